The molecule has 272 valence electrons. The number of nitrogens with one attached hydrogen (secondary N) is 1. The van der Waals surface area contributed by atoms with Crippen LogP contribution in [0.2, 0.25) is 0 Å². The van der Waals surface area contributed by atoms with Crippen molar-refractivity contribution in [3.8, 4) is 23.7 Å². The molecule has 1 saturated heterocycles. The molecule has 2 aromatic rings. The average Bonchev–Trinajstić information content (AvgIpc) is 3.36. The highest BCUT2D eigenvalue weighted by Gasteiger charge is 2.67. The fourth-order valence-corrected chi connectivity index (χ4v) is 9.96. The molecule has 2 saturated carbocycles. The zero-order valence-corrected chi connectivity index (χ0v) is 32.8. The van der Waals surface area contributed by atoms with Gasteiger partial charge in [-0.05, 0) is 91.7 Å². The van der Waals surface area contributed by atoms with Gasteiger partial charge in [0, 0.05) is 78.0 Å². The molecule has 2 aliphatic carbocycles. The van der Waals surface area contributed by atoms with E-state index in [1.54, 1.807) is 6.07 Å². The number of pyridine rings is 1. The number of ether oxygens (including phenoxy) is 1. The van der Waals surface area contributed by atoms with Gasteiger partial charge in [0.15, 0.2) is 0 Å². The first-order valence-corrected chi connectivity index (χ1v) is 19.5. The third kappa shape index (κ3) is 7.56. The van der Waals surface area contributed by atoms with E-state index < -0.39 is 0 Å². The van der Waals surface area contributed by atoms with E-state index in [9.17, 15) is 14.9 Å². The summed E-state index contributed by atoms with van der Waals surface area (Å²) < 4.78 is 7.22. The lowest BCUT2D eigenvalue weighted by atomic mass is 9.49. The summed E-state index contributed by atoms with van der Waals surface area (Å²) in [6, 6.07) is 12.6. The Morgan fingerprint density at radius 3 is 2.45 bits per heavy atom. The molecule has 1 aromatic carbocycles. The van der Waals surface area contributed by atoms with Gasteiger partial charge in [-0.3, -0.25) is 19.4 Å². The number of aromatic nitrogens is 1. The van der Waals surface area contributed by atoms with E-state index in [0.717, 1.165) is 63.3 Å². The van der Waals surface area contributed by atoms with Crippen LogP contribution in [0.1, 0.15) is 108 Å². The summed E-state index contributed by atoms with van der Waals surface area (Å²) in [5, 5.41) is 12.4. The molecule has 2 atom stereocenters. The van der Waals surface area contributed by atoms with E-state index in [1.165, 1.54) is 0 Å². The van der Waals surface area contributed by atoms with Crippen LogP contribution in [0.3, 0.4) is 0 Å². The van der Waals surface area contributed by atoms with Crippen LogP contribution in [-0.4, -0.2) is 87.9 Å². The van der Waals surface area contributed by atoms with Crippen molar-refractivity contribution in [2.24, 2.45) is 16.7 Å². The summed E-state index contributed by atoms with van der Waals surface area (Å²) in [6.07, 6.45) is 4.52. The van der Waals surface area contributed by atoms with Crippen molar-refractivity contribution in [1.29, 1.82) is 5.26 Å². The predicted molar refractivity (Wildman–Crippen MR) is 202 cm³/mol. The van der Waals surface area contributed by atoms with Crippen LogP contribution < -0.4 is 10.1 Å². The maximum atomic E-state index is 13.7. The maximum absolute atomic E-state index is 13.7. The summed E-state index contributed by atoms with van der Waals surface area (Å²) in [7, 11) is 0. The van der Waals surface area contributed by atoms with Crippen LogP contribution in [0.4, 0.5) is 0 Å². The van der Waals surface area contributed by atoms with Crippen molar-refractivity contribution in [1.82, 2.24) is 25.0 Å². The fraction of sp³-hybridized carbons (Fsp3) is 0.610. The fourth-order valence-electron chi connectivity index (χ4n) is 9.51. The molecule has 1 aromatic heterocycles. The largest absolute Gasteiger partial charge is 0.489 e. The molecule has 2 aliphatic heterocycles. The summed E-state index contributed by atoms with van der Waals surface area (Å²) in [6.45, 7) is 19.9. The molecule has 2 amide bonds. The minimum Gasteiger partial charge on any atom is -0.489 e. The molecule has 10 heteroatoms. The zero-order valence-electron chi connectivity index (χ0n) is 31.3. The highest BCUT2D eigenvalue weighted by molar-refractivity contribution is 9.10. The molecule has 6 rings (SSSR count). The number of carbonyl (C=O) groups excluding carboxylic acids is 2. The van der Waals surface area contributed by atoms with Gasteiger partial charge in [0.2, 0.25) is 5.91 Å². The van der Waals surface area contributed by atoms with Crippen LogP contribution in [-0.2, 0) is 11.3 Å². The van der Waals surface area contributed by atoms with Crippen molar-refractivity contribution in [2.45, 2.75) is 117 Å². The first kappa shape index (κ1) is 37.3. The lowest BCUT2D eigenvalue weighted by molar-refractivity contribution is -0.199. The second-order valence-electron chi connectivity index (χ2n) is 16.4. The van der Waals surface area contributed by atoms with Crippen molar-refractivity contribution in [3.05, 3.63) is 57.3 Å². The first-order chi connectivity index (χ1) is 24.2. The van der Waals surface area contributed by atoms with E-state index in [1.807, 2.05) is 36.1 Å². The number of halogens is 1. The number of carbonyl (C=O) groups is 2. The van der Waals surface area contributed by atoms with Gasteiger partial charge in [0.25, 0.3) is 5.91 Å². The van der Waals surface area contributed by atoms with E-state index in [2.05, 4.69) is 90.5 Å². The Morgan fingerprint density at radius 1 is 1.10 bits per heavy atom. The monoisotopic (exact) mass is 756 g/mol. The standard InChI is InChI=1S/C41H53BrN6O3/c1-8-9-36(49)44-26(2)20-27(3)46-16-18-47(19-17-46)31-21-28(22-31)10-12-30-13-15-33-35(45-30)25-48(37(33)50)38-40(4,5)39(41(38,6)7)51-32-14-11-29(24-43)34(42)23-32/h11,13-15,23,26-28,31,38-39H,8-9,16-22,25H2,1-7H3,(H,44,49)/t26?,27?,28-,31-,38-,39-. The zero-order chi connectivity index (χ0) is 36.7. The van der Waals surface area contributed by atoms with E-state index >= 15 is 0 Å². The molecule has 2 unspecified atom stereocenters. The molecule has 0 spiro atoms. The van der Waals surface area contributed by atoms with Gasteiger partial charge in [-0.2, -0.15) is 5.26 Å². The number of rotatable bonds is 10. The molecule has 3 heterocycles. The van der Waals surface area contributed by atoms with Gasteiger partial charge >= 0.3 is 0 Å². The molecular weight excluding hydrogens is 704 g/mol. The van der Waals surface area contributed by atoms with Crippen LogP contribution in [0.15, 0.2) is 34.8 Å². The van der Waals surface area contributed by atoms with E-state index in [4.69, 9.17) is 9.72 Å². The van der Waals surface area contributed by atoms with E-state index in [-0.39, 0.29) is 40.8 Å². The number of nitriles is 1. The van der Waals surface area contributed by atoms with Crippen LogP contribution in [0.5, 0.6) is 5.75 Å². The summed E-state index contributed by atoms with van der Waals surface area (Å²) in [5.41, 5.74) is 2.15. The topological polar surface area (TPSA) is 102 Å². The molecule has 51 heavy (non-hydrogen) atoms. The average molecular weight is 758 g/mol. The van der Waals surface area contributed by atoms with Crippen LogP contribution in [0.25, 0.3) is 0 Å². The van der Waals surface area contributed by atoms with Crippen LogP contribution in [0, 0.1) is 39.9 Å². The Morgan fingerprint density at radius 2 is 1.80 bits per heavy atom. The molecule has 1 N–H and O–H groups in total. The number of benzene rings is 1. The molecule has 3 fully saturated rings. The molecular formula is C41H53BrN6O3. The quantitative estimate of drug-likeness (QED) is 0.281. The third-order valence-corrected chi connectivity index (χ3v) is 12.4. The molecule has 0 bridgehead atoms. The lowest BCUT2D eigenvalue weighted by Gasteiger charge is -2.65. The summed E-state index contributed by atoms with van der Waals surface area (Å²) >= 11 is 3.47. The van der Waals surface area contributed by atoms with Crippen molar-refractivity contribution in [2.75, 3.05) is 26.2 Å². The van der Waals surface area contributed by atoms with Gasteiger partial charge in [-0.25, -0.2) is 4.98 Å². The smallest absolute Gasteiger partial charge is 0.256 e. The number of amides is 2. The number of hydrogen-bond acceptors (Lipinski definition) is 7. The second kappa shape index (κ2) is 14.9. The summed E-state index contributed by atoms with van der Waals surface area (Å²) in [5.74, 6) is 8.07. The van der Waals surface area contributed by atoms with Gasteiger partial charge in [0.1, 0.15) is 23.6 Å². The predicted octanol–water partition coefficient (Wildman–Crippen LogP) is 6.38. The lowest BCUT2D eigenvalue weighted by Crippen LogP contribution is -2.74. The third-order valence-electron chi connectivity index (χ3n) is 11.8. The molecule has 4 aliphatic rings. The second-order valence-corrected chi connectivity index (χ2v) is 17.2. The highest BCUT2D eigenvalue weighted by Crippen LogP contribution is 2.59. The Balaban J connectivity index is 0.990. The number of hydrogen-bond donors (Lipinski definition) is 1. The van der Waals surface area contributed by atoms with Gasteiger partial charge < -0.3 is 15.0 Å². The van der Waals surface area contributed by atoms with Gasteiger partial charge in [-0.15, -0.1) is 0 Å². The van der Waals surface area contributed by atoms with Gasteiger partial charge in [-0.1, -0.05) is 40.5 Å². The summed E-state index contributed by atoms with van der Waals surface area (Å²) in [4.78, 5) is 37.7. The number of piperazine rings is 1. The van der Waals surface area contributed by atoms with Crippen molar-refractivity contribution < 1.29 is 14.3 Å². The van der Waals surface area contributed by atoms with E-state index in [0.29, 0.717) is 52.3 Å². The maximum Gasteiger partial charge on any atom is 0.256 e. The van der Waals surface area contributed by atoms with Crippen molar-refractivity contribution in [3.63, 3.8) is 0 Å². The minimum atomic E-state index is -0.304. The highest BCUT2D eigenvalue weighted by atomic mass is 79.9. The Hall–Kier alpha value is -3.44. The molecule has 9 nitrogen and oxygen atoms in total. The van der Waals surface area contributed by atoms with Crippen LogP contribution >= 0.6 is 15.9 Å². The molecule has 0 radical (unpaired) electrons. The van der Waals surface area contributed by atoms with Gasteiger partial charge in [0.05, 0.1) is 23.4 Å². The Kier molecular flexibility index (Phi) is 10.9. The Bertz CT molecular complexity index is 1730. The SMILES string of the molecule is CCCC(=O)NC(C)CC(C)N1CCN([C@H]2C[C@H](C#Cc3ccc4c(n3)CN([C@H]3C(C)(C)[C@H](Oc5ccc(C#N)c(Br)c5)C3(C)C)C4=O)C2)CC1. The first-order valence-electron chi connectivity index (χ1n) is 18.7. The Labute approximate surface area is 312 Å². The normalized spacial score (nSPS) is 26.4. The van der Waals surface area contributed by atoms with Crippen molar-refractivity contribution >= 4 is 27.7 Å². The number of nitrogens with zero attached hydrogens (tertiary/aromatic N) is 5. The minimum absolute atomic E-state index is 0.0207. The number of fused-ring (bicyclic) bond motifs is 1.